The third-order valence-corrected chi connectivity index (χ3v) is 4.81. The Morgan fingerprint density at radius 2 is 1.80 bits per heavy atom. The van der Waals surface area contributed by atoms with Crippen LogP contribution in [-0.2, 0) is 4.79 Å². The second-order valence-corrected chi connectivity index (χ2v) is 6.08. The van der Waals surface area contributed by atoms with Crippen LogP contribution in [0.4, 0.5) is 13.2 Å². The van der Waals surface area contributed by atoms with E-state index in [9.17, 15) is 18.0 Å². The maximum absolute atomic E-state index is 13.0. The van der Waals surface area contributed by atoms with E-state index in [-0.39, 0.29) is 18.4 Å². The normalized spacial score (nSPS) is 35.0. The minimum absolute atomic E-state index is 0.0386. The van der Waals surface area contributed by atoms with Crippen molar-refractivity contribution in [3.63, 3.8) is 0 Å². The van der Waals surface area contributed by atoms with E-state index in [0.29, 0.717) is 25.8 Å². The lowest BCUT2D eigenvalue weighted by Crippen LogP contribution is -2.47. The van der Waals surface area contributed by atoms with Crippen LogP contribution < -0.4 is 11.1 Å². The molecule has 2 aliphatic rings. The van der Waals surface area contributed by atoms with Gasteiger partial charge in [0.15, 0.2) is 0 Å². The van der Waals surface area contributed by atoms with Crippen molar-refractivity contribution in [2.45, 2.75) is 57.2 Å². The molecule has 0 aliphatic heterocycles. The lowest BCUT2D eigenvalue weighted by Gasteiger charge is -2.33. The first-order valence-corrected chi connectivity index (χ1v) is 7.50. The molecule has 2 fully saturated rings. The van der Waals surface area contributed by atoms with E-state index in [1.165, 1.54) is 0 Å². The highest BCUT2D eigenvalue weighted by Crippen LogP contribution is 2.41. The van der Waals surface area contributed by atoms with Crippen molar-refractivity contribution < 1.29 is 18.0 Å². The van der Waals surface area contributed by atoms with Crippen molar-refractivity contribution in [2.24, 2.45) is 23.5 Å². The van der Waals surface area contributed by atoms with E-state index >= 15 is 0 Å². The monoisotopic (exact) mass is 292 g/mol. The summed E-state index contributed by atoms with van der Waals surface area (Å²) < 4.78 is 39.0. The van der Waals surface area contributed by atoms with Crippen LogP contribution in [-0.4, -0.2) is 24.7 Å². The van der Waals surface area contributed by atoms with Crippen molar-refractivity contribution in [3.05, 3.63) is 0 Å². The van der Waals surface area contributed by atoms with Crippen molar-refractivity contribution >= 4 is 5.91 Å². The summed E-state index contributed by atoms with van der Waals surface area (Å²) in [4.78, 5) is 12.2. The third-order valence-electron chi connectivity index (χ3n) is 4.81. The first-order chi connectivity index (χ1) is 9.43. The molecular weight excluding hydrogens is 269 g/mol. The number of nitrogens with two attached hydrogens (primary N) is 1. The zero-order valence-electron chi connectivity index (χ0n) is 11.6. The van der Waals surface area contributed by atoms with Crippen molar-refractivity contribution in [3.8, 4) is 0 Å². The molecule has 0 aromatic carbocycles. The van der Waals surface area contributed by atoms with Gasteiger partial charge in [0.25, 0.3) is 0 Å². The van der Waals surface area contributed by atoms with Crippen LogP contribution in [0.1, 0.15) is 44.9 Å². The van der Waals surface area contributed by atoms with Gasteiger partial charge in [0.2, 0.25) is 5.91 Å². The van der Waals surface area contributed by atoms with Crippen LogP contribution in [0.2, 0.25) is 0 Å². The SMILES string of the molecule is NCC1CCCC1NC(=O)C1CCCCC1C(F)(F)F. The summed E-state index contributed by atoms with van der Waals surface area (Å²) in [6.45, 7) is 0.484. The zero-order valence-corrected chi connectivity index (χ0v) is 11.6. The molecule has 20 heavy (non-hydrogen) atoms. The number of nitrogens with one attached hydrogen (secondary N) is 1. The quantitative estimate of drug-likeness (QED) is 0.840. The van der Waals surface area contributed by atoms with Gasteiger partial charge in [-0.25, -0.2) is 0 Å². The molecule has 0 aromatic rings. The molecule has 2 saturated carbocycles. The summed E-state index contributed by atoms with van der Waals surface area (Å²) >= 11 is 0. The van der Waals surface area contributed by atoms with Gasteiger partial charge in [-0.05, 0) is 38.1 Å². The van der Waals surface area contributed by atoms with Gasteiger partial charge in [-0.1, -0.05) is 19.3 Å². The molecule has 4 atom stereocenters. The number of hydrogen-bond donors (Lipinski definition) is 2. The van der Waals surface area contributed by atoms with Gasteiger partial charge in [0.05, 0.1) is 5.92 Å². The Bertz CT molecular complexity index is 346. The average molecular weight is 292 g/mol. The molecule has 3 N–H and O–H groups in total. The fourth-order valence-corrected chi connectivity index (χ4v) is 3.64. The van der Waals surface area contributed by atoms with Crippen LogP contribution in [0.5, 0.6) is 0 Å². The Kier molecular flexibility index (Phi) is 4.94. The summed E-state index contributed by atoms with van der Waals surface area (Å²) in [6, 6.07) is -0.0386. The van der Waals surface area contributed by atoms with E-state index in [1.807, 2.05) is 0 Å². The molecule has 4 unspecified atom stereocenters. The van der Waals surface area contributed by atoms with E-state index in [0.717, 1.165) is 19.3 Å². The smallest absolute Gasteiger partial charge is 0.353 e. The molecule has 2 aliphatic carbocycles. The van der Waals surface area contributed by atoms with E-state index < -0.39 is 23.9 Å². The van der Waals surface area contributed by atoms with E-state index in [4.69, 9.17) is 5.73 Å². The van der Waals surface area contributed by atoms with Crippen LogP contribution >= 0.6 is 0 Å². The Morgan fingerprint density at radius 3 is 2.45 bits per heavy atom. The van der Waals surface area contributed by atoms with E-state index in [1.54, 1.807) is 0 Å². The second-order valence-electron chi connectivity index (χ2n) is 6.08. The standard InChI is InChI=1S/C14H23F3N2O/c15-14(16,17)11-6-2-1-5-10(11)13(20)19-12-7-3-4-9(12)8-18/h9-12H,1-8,18H2,(H,19,20). The maximum atomic E-state index is 13.0. The van der Waals surface area contributed by atoms with Gasteiger partial charge in [-0.15, -0.1) is 0 Å². The summed E-state index contributed by atoms with van der Waals surface area (Å²) in [6.07, 6.45) is 0.179. The Labute approximate surface area is 117 Å². The molecule has 0 spiro atoms. The first kappa shape index (κ1) is 15.6. The van der Waals surface area contributed by atoms with Gasteiger partial charge in [0.1, 0.15) is 0 Å². The molecule has 0 saturated heterocycles. The minimum Gasteiger partial charge on any atom is -0.353 e. The van der Waals surface area contributed by atoms with Gasteiger partial charge >= 0.3 is 6.18 Å². The summed E-state index contributed by atoms with van der Waals surface area (Å²) in [5, 5.41) is 2.83. The molecule has 0 heterocycles. The Morgan fingerprint density at radius 1 is 1.10 bits per heavy atom. The van der Waals surface area contributed by atoms with Crippen LogP contribution in [0.15, 0.2) is 0 Å². The van der Waals surface area contributed by atoms with Crippen molar-refractivity contribution in [2.75, 3.05) is 6.54 Å². The van der Waals surface area contributed by atoms with Crippen molar-refractivity contribution in [1.29, 1.82) is 0 Å². The molecule has 116 valence electrons. The van der Waals surface area contributed by atoms with Gasteiger partial charge in [-0.3, -0.25) is 4.79 Å². The third kappa shape index (κ3) is 3.45. The van der Waals surface area contributed by atoms with Crippen LogP contribution in [0.3, 0.4) is 0 Å². The number of alkyl halides is 3. The topological polar surface area (TPSA) is 55.1 Å². The molecule has 1 amide bonds. The predicted molar refractivity (Wildman–Crippen MR) is 69.8 cm³/mol. The number of rotatable bonds is 3. The molecule has 0 aromatic heterocycles. The van der Waals surface area contributed by atoms with Gasteiger partial charge < -0.3 is 11.1 Å². The Balaban J connectivity index is 1.99. The van der Waals surface area contributed by atoms with Crippen LogP contribution in [0, 0.1) is 17.8 Å². The number of amides is 1. The Hall–Kier alpha value is -0.780. The highest BCUT2D eigenvalue weighted by atomic mass is 19.4. The summed E-state index contributed by atoms with van der Waals surface area (Å²) in [7, 11) is 0. The first-order valence-electron chi connectivity index (χ1n) is 7.50. The molecule has 2 rings (SSSR count). The zero-order chi connectivity index (χ0) is 14.8. The summed E-state index contributed by atoms with van der Waals surface area (Å²) in [5.74, 6) is -2.60. The summed E-state index contributed by atoms with van der Waals surface area (Å²) in [5.41, 5.74) is 5.64. The molecule has 0 bridgehead atoms. The number of halogens is 3. The predicted octanol–water partition coefficient (Wildman–Crippen LogP) is 2.60. The van der Waals surface area contributed by atoms with Crippen LogP contribution in [0.25, 0.3) is 0 Å². The fraction of sp³-hybridized carbons (Fsp3) is 0.929. The minimum atomic E-state index is -4.27. The molecule has 3 nitrogen and oxygen atoms in total. The number of carbonyl (C=O) groups excluding carboxylic acids is 1. The van der Waals surface area contributed by atoms with Gasteiger partial charge in [-0.2, -0.15) is 13.2 Å². The highest BCUT2D eigenvalue weighted by molar-refractivity contribution is 5.79. The molecular formula is C14H23F3N2O. The lowest BCUT2D eigenvalue weighted by atomic mass is 9.78. The molecule has 6 heteroatoms. The fourth-order valence-electron chi connectivity index (χ4n) is 3.64. The van der Waals surface area contributed by atoms with Crippen molar-refractivity contribution in [1.82, 2.24) is 5.32 Å². The van der Waals surface area contributed by atoms with Gasteiger partial charge in [0, 0.05) is 12.0 Å². The lowest BCUT2D eigenvalue weighted by molar-refractivity contribution is -0.198. The second kappa shape index (κ2) is 6.33. The number of hydrogen-bond acceptors (Lipinski definition) is 2. The largest absolute Gasteiger partial charge is 0.392 e. The average Bonchev–Trinajstić information content (AvgIpc) is 2.85. The van der Waals surface area contributed by atoms with E-state index in [2.05, 4.69) is 5.32 Å². The maximum Gasteiger partial charge on any atom is 0.392 e. The molecule has 0 radical (unpaired) electrons. The number of carbonyl (C=O) groups is 1. The highest BCUT2D eigenvalue weighted by Gasteiger charge is 2.48.